The van der Waals surface area contributed by atoms with Crippen LogP contribution in [-0.4, -0.2) is 31.1 Å². The predicted molar refractivity (Wildman–Crippen MR) is 102 cm³/mol. The Balaban J connectivity index is 0.00000364. The molecule has 0 amide bonds. The van der Waals surface area contributed by atoms with Crippen molar-refractivity contribution in [3.63, 3.8) is 0 Å². The fourth-order valence-corrected chi connectivity index (χ4v) is 3.29. The summed E-state index contributed by atoms with van der Waals surface area (Å²) in [5, 5.41) is 3.12. The lowest BCUT2D eigenvalue weighted by Gasteiger charge is -2.37. The molecule has 0 unspecified atom stereocenters. The third-order valence-electron chi connectivity index (χ3n) is 4.65. The molecule has 0 radical (unpaired) electrons. The van der Waals surface area contributed by atoms with Gasteiger partial charge >= 0.3 is 12.4 Å². The average Bonchev–Trinajstić information content (AvgIpc) is 2.54. The van der Waals surface area contributed by atoms with E-state index >= 15 is 0 Å². The van der Waals surface area contributed by atoms with E-state index in [9.17, 15) is 26.3 Å². The van der Waals surface area contributed by atoms with Crippen LogP contribution in [0.2, 0.25) is 0 Å². The summed E-state index contributed by atoms with van der Waals surface area (Å²) in [6, 6.07) is 1.10. The minimum absolute atomic E-state index is 0. The van der Waals surface area contributed by atoms with E-state index < -0.39 is 29.5 Å². The van der Waals surface area contributed by atoms with Crippen LogP contribution in [0.3, 0.4) is 0 Å². The number of hydrogen-bond acceptors (Lipinski definition) is 2. The molecule has 0 aliphatic carbocycles. The Labute approximate surface area is 173 Å². The fraction of sp³-hybridized carbons (Fsp3) is 0.667. The molecule has 0 aromatic heterocycles. The van der Waals surface area contributed by atoms with E-state index in [2.05, 4.69) is 5.32 Å². The molecule has 0 bridgehead atoms. The lowest BCUT2D eigenvalue weighted by Crippen LogP contribution is -2.45. The quantitative estimate of drug-likeness (QED) is 0.552. The molecular formula is C18H26Cl2F6N2. The lowest BCUT2D eigenvalue weighted by molar-refractivity contribution is -0.142. The van der Waals surface area contributed by atoms with Crippen molar-refractivity contribution >= 4 is 24.8 Å². The normalized spacial score (nSPS) is 17.0. The highest BCUT2D eigenvalue weighted by Crippen LogP contribution is 2.41. The van der Waals surface area contributed by atoms with Gasteiger partial charge in [0, 0.05) is 32.2 Å². The predicted octanol–water partition coefficient (Wildman–Crippen LogP) is 5.95. The Morgan fingerprint density at radius 3 is 1.96 bits per heavy atom. The highest BCUT2D eigenvalue weighted by Gasteiger charge is 2.39. The molecule has 2 rings (SSSR count). The molecule has 1 saturated heterocycles. The summed E-state index contributed by atoms with van der Waals surface area (Å²) >= 11 is 0. The van der Waals surface area contributed by atoms with Gasteiger partial charge in [-0.3, -0.25) is 4.90 Å². The largest absolute Gasteiger partial charge is 0.416 e. The number of benzene rings is 1. The van der Waals surface area contributed by atoms with Crippen molar-refractivity contribution in [1.29, 1.82) is 0 Å². The van der Waals surface area contributed by atoms with Gasteiger partial charge in [0.1, 0.15) is 0 Å². The first-order valence-corrected chi connectivity index (χ1v) is 8.73. The zero-order chi connectivity index (χ0) is 19.5. The van der Waals surface area contributed by atoms with Crippen LogP contribution in [0.25, 0.3) is 0 Å². The van der Waals surface area contributed by atoms with Crippen LogP contribution >= 0.6 is 24.8 Å². The summed E-state index contributed by atoms with van der Waals surface area (Å²) in [6.45, 7) is 6.14. The maximum Gasteiger partial charge on any atom is 0.416 e. The van der Waals surface area contributed by atoms with Crippen molar-refractivity contribution in [3.8, 4) is 0 Å². The molecule has 1 aromatic carbocycles. The van der Waals surface area contributed by atoms with Gasteiger partial charge in [-0.05, 0) is 42.5 Å². The van der Waals surface area contributed by atoms with Crippen LogP contribution < -0.4 is 5.32 Å². The van der Waals surface area contributed by atoms with E-state index in [1.54, 1.807) is 0 Å². The molecule has 0 spiro atoms. The average molecular weight is 455 g/mol. The first kappa shape index (κ1) is 27.3. The first-order valence-electron chi connectivity index (χ1n) is 8.73. The smallest absolute Gasteiger partial charge is 0.314 e. The van der Waals surface area contributed by atoms with Gasteiger partial charge in [0.25, 0.3) is 0 Å². The van der Waals surface area contributed by atoms with Crippen LogP contribution in [0.15, 0.2) is 18.2 Å². The topological polar surface area (TPSA) is 15.3 Å². The molecule has 1 fully saturated rings. The Morgan fingerprint density at radius 1 is 0.929 bits per heavy atom. The van der Waals surface area contributed by atoms with Crippen LogP contribution in [0, 0.1) is 5.92 Å². The molecule has 1 heterocycles. The van der Waals surface area contributed by atoms with E-state index in [0.717, 1.165) is 0 Å². The van der Waals surface area contributed by atoms with E-state index in [0.29, 0.717) is 57.2 Å². The first-order chi connectivity index (χ1) is 12.0. The van der Waals surface area contributed by atoms with Crippen LogP contribution in [0.1, 0.15) is 49.4 Å². The van der Waals surface area contributed by atoms with Gasteiger partial charge in [-0.1, -0.05) is 13.8 Å². The van der Waals surface area contributed by atoms with Crippen molar-refractivity contribution in [2.45, 2.75) is 45.1 Å². The van der Waals surface area contributed by atoms with Crippen molar-refractivity contribution in [2.24, 2.45) is 5.92 Å². The number of halogens is 8. The molecule has 0 saturated carbocycles. The number of hydrogen-bond donors (Lipinski definition) is 1. The monoisotopic (exact) mass is 454 g/mol. The second kappa shape index (κ2) is 10.9. The number of piperazine rings is 1. The molecule has 1 N–H and O–H groups in total. The summed E-state index contributed by atoms with van der Waals surface area (Å²) in [6.07, 6.45) is -8.33. The number of rotatable bonds is 5. The summed E-state index contributed by atoms with van der Waals surface area (Å²) in [7, 11) is 0. The number of alkyl halides is 6. The fourth-order valence-electron chi connectivity index (χ4n) is 3.29. The summed E-state index contributed by atoms with van der Waals surface area (Å²) in [5.74, 6) is 0.251. The molecule has 2 nitrogen and oxygen atoms in total. The third-order valence-corrected chi connectivity index (χ3v) is 4.65. The van der Waals surface area contributed by atoms with E-state index in [1.165, 1.54) is 0 Å². The second-order valence-corrected chi connectivity index (χ2v) is 7.07. The van der Waals surface area contributed by atoms with Gasteiger partial charge in [0.05, 0.1) is 11.1 Å². The Kier molecular flexibility index (Phi) is 10.6. The van der Waals surface area contributed by atoms with Crippen molar-refractivity contribution in [3.05, 3.63) is 34.9 Å². The van der Waals surface area contributed by atoms with Crippen LogP contribution in [0.5, 0.6) is 0 Å². The SMILES string of the molecule is CC(C)CC[C@@H](c1cc(C(F)(F)F)ccc1C(F)(F)F)N1CCNCC1.Cl.Cl. The van der Waals surface area contributed by atoms with Crippen molar-refractivity contribution in [2.75, 3.05) is 26.2 Å². The Bertz CT molecular complexity index is 599. The van der Waals surface area contributed by atoms with Crippen LogP contribution in [0.4, 0.5) is 26.3 Å². The Morgan fingerprint density at radius 2 is 1.50 bits per heavy atom. The highest BCUT2D eigenvalue weighted by molar-refractivity contribution is 5.85. The van der Waals surface area contributed by atoms with E-state index in [1.807, 2.05) is 18.7 Å². The molecule has 1 aromatic rings. The number of nitrogens with zero attached hydrogens (tertiary/aromatic N) is 1. The maximum atomic E-state index is 13.5. The maximum absolute atomic E-state index is 13.5. The molecule has 164 valence electrons. The molecule has 1 aliphatic rings. The molecule has 1 aliphatic heterocycles. The molecule has 28 heavy (non-hydrogen) atoms. The standard InChI is InChI=1S/C18H24F6N2.2ClH/c1-12(2)3-6-16(26-9-7-25-8-10-26)14-11-13(17(19,20)21)4-5-15(14)18(22,23)24;;/h4-5,11-12,16,25H,3,6-10H2,1-2H3;2*1H/t16-;;/m0../s1. The summed E-state index contributed by atoms with van der Waals surface area (Å²) < 4.78 is 79.8. The summed E-state index contributed by atoms with van der Waals surface area (Å²) in [4.78, 5) is 1.86. The second-order valence-electron chi connectivity index (χ2n) is 7.07. The van der Waals surface area contributed by atoms with Gasteiger partial charge in [-0.25, -0.2) is 0 Å². The molecular weight excluding hydrogens is 429 g/mol. The molecule has 10 heteroatoms. The lowest BCUT2D eigenvalue weighted by atomic mass is 9.90. The van der Waals surface area contributed by atoms with Gasteiger partial charge in [-0.15, -0.1) is 24.8 Å². The minimum Gasteiger partial charge on any atom is -0.314 e. The third kappa shape index (κ3) is 7.28. The Hall–Kier alpha value is -0.700. The highest BCUT2D eigenvalue weighted by atomic mass is 35.5. The zero-order valence-electron chi connectivity index (χ0n) is 15.7. The van der Waals surface area contributed by atoms with Crippen molar-refractivity contribution in [1.82, 2.24) is 10.2 Å². The van der Waals surface area contributed by atoms with Gasteiger partial charge in [0.15, 0.2) is 0 Å². The van der Waals surface area contributed by atoms with E-state index in [4.69, 9.17) is 0 Å². The van der Waals surface area contributed by atoms with Gasteiger partial charge < -0.3 is 5.32 Å². The number of nitrogens with one attached hydrogen (secondary N) is 1. The summed E-state index contributed by atoms with van der Waals surface area (Å²) in [5.41, 5.74) is -2.28. The van der Waals surface area contributed by atoms with Crippen molar-refractivity contribution < 1.29 is 26.3 Å². The van der Waals surface area contributed by atoms with Crippen LogP contribution in [-0.2, 0) is 12.4 Å². The van der Waals surface area contributed by atoms with Gasteiger partial charge in [0.2, 0.25) is 0 Å². The van der Waals surface area contributed by atoms with Gasteiger partial charge in [-0.2, -0.15) is 26.3 Å². The minimum atomic E-state index is -4.69. The zero-order valence-corrected chi connectivity index (χ0v) is 17.3. The molecule has 1 atom stereocenters. The van der Waals surface area contributed by atoms with E-state index in [-0.39, 0.29) is 36.3 Å².